The highest BCUT2D eigenvalue weighted by atomic mass is 19.4. The monoisotopic (exact) mass is 483 g/mol. The highest BCUT2D eigenvalue weighted by Crippen LogP contribution is 2.37. The van der Waals surface area contributed by atoms with E-state index < -0.39 is 41.1 Å². The minimum Gasteiger partial charge on any atom is -0.457 e. The van der Waals surface area contributed by atoms with Crippen molar-refractivity contribution >= 4 is 23.3 Å². The van der Waals surface area contributed by atoms with Gasteiger partial charge in [-0.25, -0.2) is 4.79 Å². The van der Waals surface area contributed by atoms with Gasteiger partial charge in [-0.1, -0.05) is 0 Å². The maximum absolute atomic E-state index is 12.9. The van der Waals surface area contributed by atoms with E-state index in [9.17, 15) is 35.9 Å². The molecule has 0 aliphatic carbocycles. The summed E-state index contributed by atoms with van der Waals surface area (Å²) in [6, 6.07) is 11.4. The Bertz CT molecular complexity index is 1160. The molecule has 0 aliphatic rings. The normalized spacial score (nSPS) is 11.6. The van der Waals surface area contributed by atoms with Crippen molar-refractivity contribution < 1.29 is 40.7 Å². The number of anilines is 2. The molecule has 34 heavy (non-hydrogen) atoms. The molecule has 6 nitrogen and oxygen atoms in total. The molecule has 0 aromatic heterocycles. The molecular formula is C22H15F6N3O3. The first-order valence-electron chi connectivity index (χ1n) is 9.36. The summed E-state index contributed by atoms with van der Waals surface area (Å²) in [6.07, 6.45) is -10.1. The predicted molar refractivity (Wildman–Crippen MR) is 111 cm³/mol. The number of carbonyl (C=O) groups excluding carboxylic acids is 2. The van der Waals surface area contributed by atoms with Crippen molar-refractivity contribution in [3.63, 3.8) is 0 Å². The molecule has 0 fully saturated rings. The molecular weight excluding hydrogens is 468 g/mol. The van der Waals surface area contributed by atoms with Crippen LogP contribution in [0.3, 0.4) is 0 Å². The minimum absolute atomic E-state index is 0.0384. The fourth-order valence-electron chi connectivity index (χ4n) is 2.75. The second-order valence-corrected chi connectivity index (χ2v) is 6.89. The number of primary amides is 1. The second-order valence-electron chi connectivity index (χ2n) is 6.89. The Kier molecular flexibility index (Phi) is 6.70. The number of amides is 3. The SMILES string of the molecule is NC(=O)c1ccc(Oc2ccc(NC(=O)Nc3cc(C(F)(F)F)cc(C(F)(F)F)c3)cc2)cc1. The highest BCUT2D eigenvalue weighted by molar-refractivity contribution is 5.99. The van der Waals surface area contributed by atoms with Crippen molar-refractivity contribution in [1.82, 2.24) is 0 Å². The van der Waals surface area contributed by atoms with Gasteiger partial charge >= 0.3 is 18.4 Å². The van der Waals surface area contributed by atoms with E-state index in [-0.39, 0.29) is 11.8 Å². The smallest absolute Gasteiger partial charge is 0.416 e. The lowest BCUT2D eigenvalue weighted by molar-refractivity contribution is -0.143. The number of hydrogen-bond acceptors (Lipinski definition) is 3. The van der Waals surface area contributed by atoms with Gasteiger partial charge in [-0.2, -0.15) is 26.3 Å². The summed E-state index contributed by atoms with van der Waals surface area (Å²) in [6.45, 7) is 0. The van der Waals surface area contributed by atoms with Gasteiger partial charge in [0, 0.05) is 16.9 Å². The van der Waals surface area contributed by atoms with Crippen LogP contribution in [0.5, 0.6) is 11.5 Å². The van der Waals surface area contributed by atoms with Crippen LogP contribution in [0.2, 0.25) is 0 Å². The third-order valence-corrected chi connectivity index (χ3v) is 4.33. The lowest BCUT2D eigenvalue weighted by Gasteiger charge is -2.15. The van der Waals surface area contributed by atoms with E-state index >= 15 is 0 Å². The zero-order valence-corrected chi connectivity index (χ0v) is 16.9. The summed E-state index contributed by atoms with van der Waals surface area (Å²) in [5, 5.41) is 4.26. The van der Waals surface area contributed by atoms with E-state index in [4.69, 9.17) is 10.5 Å². The summed E-state index contributed by atoms with van der Waals surface area (Å²) in [4.78, 5) is 23.2. The number of rotatable bonds is 5. The topological polar surface area (TPSA) is 93.5 Å². The fraction of sp³-hybridized carbons (Fsp3) is 0.0909. The van der Waals surface area contributed by atoms with E-state index in [1.165, 1.54) is 48.5 Å². The number of carbonyl (C=O) groups is 2. The average Bonchev–Trinajstić information content (AvgIpc) is 2.74. The van der Waals surface area contributed by atoms with Crippen LogP contribution in [-0.4, -0.2) is 11.9 Å². The van der Waals surface area contributed by atoms with Crippen LogP contribution in [0.15, 0.2) is 66.7 Å². The molecule has 4 N–H and O–H groups in total. The molecule has 0 saturated carbocycles. The first-order chi connectivity index (χ1) is 15.8. The molecule has 0 radical (unpaired) electrons. The predicted octanol–water partition coefficient (Wildman–Crippen LogP) is 6.26. The Hall–Kier alpha value is -4.22. The Morgan fingerprint density at radius 2 is 1.12 bits per heavy atom. The summed E-state index contributed by atoms with van der Waals surface area (Å²) in [5.74, 6) is 0.152. The Morgan fingerprint density at radius 3 is 1.56 bits per heavy atom. The quantitative estimate of drug-likeness (QED) is 0.374. The molecule has 3 rings (SSSR count). The number of urea groups is 1. The fourth-order valence-corrected chi connectivity index (χ4v) is 2.75. The zero-order valence-electron chi connectivity index (χ0n) is 16.9. The number of nitrogens with two attached hydrogens (primary N) is 1. The largest absolute Gasteiger partial charge is 0.457 e. The van der Waals surface area contributed by atoms with E-state index in [0.717, 1.165) is 0 Å². The summed E-state index contributed by atoms with van der Waals surface area (Å²) in [5.41, 5.74) is 1.85. The van der Waals surface area contributed by atoms with Crippen LogP contribution in [0.4, 0.5) is 42.5 Å². The average molecular weight is 483 g/mol. The van der Waals surface area contributed by atoms with Crippen molar-refractivity contribution in [2.24, 2.45) is 5.73 Å². The maximum atomic E-state index is 12.9. The number of nitrogens with one attached hydrogen (secondary N) is 2. The van der Waals surface area contributed by atoms with Gasteiger partial charge in [-0.3, -0.25) is 4.79 Å². The Morgan fingerprint density at radius 1 is 0.676 bits per heavy atom. The number of halogens is 6. The molecule has 0 atom stereocenters. The summed E-state index contributed by atoms with van der Waals surface area (Å²) >= 11 is 0. The third kappa shape index (κ3) is 6.40. The lowest BCUT2D eigenvalue weighted by atomic mass is 10.1. The van der Waals surface area contributed by atoms with Gasteiger partial charge in [-0.05, 0) is 66.7 Å². The summed E-state index contributed by atoms with van der Waals surface area (Å²) in [7, 11) is 0. The molecule has 0 spiro atoms. The minimum atomic E-state index is -5.04. The van der Waals surface area contributed by atoms with Crippen LogP contribution in [0.25, 0.3) is 0 Å². The van der Waals surface area contributed by atoms with Gasteiger partial charge in [0.15, 0.2) is 0 Å². The Labute approximate surface area is 188 Å². The van der Waals surface area contributed by atoms with Gasteiger partial charge in [0.05, 0.1) is 11.1 Å². The molecule has 0 saturated heterocycles. The van der Waals surface area contributed by atoms with Crippen LogP contribution in [0, 0.1) is 0 Å². The van der Waals surface area contributed by atoms with Crippen molar-refractivity contribution in [3.8, 4) is 11.5 Å². The number of alkyl halides is 6. The van der Waals surface area contributed by atoms with Gasteiger partial charge in [0.2, 0.25) is 5.91 Å². The van der Waals surface area contributed by atoms with Crippen molar-refractivity contribution in [1.29, 1.82) is 0 Å². The molecule has 12 heteroatoms. The van der Waals surface area contributed by atoms with E-state index in [0.29, 0.717) is 29.2 Å². The summed E-state index contributed by atoms with van der Waals surface area (Å²) < 4.78 is 83.2. The first kappa shape index (κ1) is 24.4. The third-order valence-electron chi connectivity index (χ3n) is 4.33. The number of ether oxygens (including phenoxy) is 1. The molecule has 0 aliphatic heterocycles. The molecule has 3 aromatic rings. The van der Waals surface area contributed by atoms with Crippen LogP contribution < -0.4 is 21.1 Å². The first-order valence-corrected chi connectivity index (χ1v) is 9.36. The van der Waals surface area contributed by atoms with Crippen molar-refractivity contribution in [2.45, 2.75) is 12.4 Å². The van der Waals surface area contributed by atoms with Crippen LogP contribution in [0.1, 0.15) is 21.5 Å². The highest BCUT2D eigenvalue weighted by Gasteiger charge is 2.37. The zero-order chi connectivity index (χ0) is 25.1. The lowest BCUT2D eigenvalue weighted by Crippen LogP contribution is -2.20. The van der Waals surface area contributed by atoms with E-state index in [2.05, 4.69) is 5.32 Å². The molecule has 3 amide bonds. The Balaban J connectivity index is 1.67. The maximum Gasteiger partial charge on any atom is 0.416 e. The van der Waals surface area contributed by atoms with Gasteiger partial charge < -0.3 is 21.1 Å². The van der Waals surface area contributed by atoms with Gasteiger partial charge in [0.1, 0.15) is 11.5 Å². The second kappa shape index (κ2) is 9.33. The van der Waals surface area contributed by atoms with Crippen LogP contribution in [-0.2, 0) is 12.4 Å². The van der Waals surface area contributed by atoms with Gasteiger partial charge in [0.25, 0.3) is 0 Å². The van der Waals surface area contributed by atoms with Crippen molar-refractivity contribution in [2.75, 3.05) is 10.6 Å². The molecule has 178 valence electrons. The number of benzene rings is 3. The molecule has 3 aromatic carbocycles. The van der Waals surface area contributed by atoms with E-state index in [1.807, 2.05) is 5.32 Å². The molecule has 0 bridgehead atoms. The van der Waals surface area contributed by atoms with E-state index in [1.54, 1.807) is 0 Å². The van der Waals surface area contributed by atoms with Crippen LogP contribution >= 0.6 is 0 Å². The number of hydrogen-bond donors (Lipinski definition) is 3. The molecule has 0 unspecified atom stereocenters. The van der Waals surface area contributed by atoms with Gasteiger partial charge in [-0.15, -0.1) is 0 Å². The standard InChI is InChI=1S/C22H15F6N3O3/c23-21(24,25)13-9-14(22(26,27)28)11-16(10-13)31-20(33)30-15-3-7-18(8-4-15)34-17-5-1-12(2-6-17)19(29)32/h1-11H,(H2,29,32)(H2,30,31,33). The van der Waals surface area contributed by atoms with Crippen molar-refractivity contribution in [3.05, 3.63) is 83.4 Å². The molecule has 0 heterocycles.